The Morgan fingerprint density at radius 1 is 1.20 bits per heavy atom. The van der Waals surface area contributed by atoms with Crippen molar-refractivity contribution < 1.29 is 19.0 Å². The van der Waals surface area contributed by atoms with Crippen LogP contribution in [0.15, 0.2) is 42.5 Å². The summed E-state index contributed by atoms with van der Waals surface area (Å²) >= 11 is 0. The topological polar surface area (TPSA) is 44.8 Å². The van der Waals surface area contributed by atoms with Gasteiger partial charge in [0.25, 0.3) is 0 Å². The number of methoxy groups -OCH3 is 2. The Morgan fingerprint density at radius 3 is 2.80 bits per heavy atom. The van der Waals surface area contributed by atoms with Crippen LogP contribution >= 0.6 is 0 Å². The second-order valence-electron chi connectivity index (χ2n) is 4.14. The van der Waals surface area contributed by atoms with Crippen LogP contribution in [0.4, 0.5) is 0 Å². The zero-order chi connectivity index (χ0) is 14.4. The molecule has 4 nitrogen and oxygen atoms in total. The van der Waals surface area contributed by atoms with Crippen LogP contribution in [-0.2, 0) is 14.3 Å². The van der Waals surface area contributed by atoms with E-state index in [-0.39, 0.29) is 12.8 Å². The van der Waals surface area contributed by atoms with E-state index in [1.807, 2.05) is 36.4 Å². The molecule has 0 aliphatic rings. The minimum Gasteiger partial charge on any atom is -0.468 e. The summed E-state index contributed by atoms with van der Waals surface area (Å²) < 4.78 is 14.9. The number of hydrogen-bond donors (Lipinski definition) is 0. The van der Waals surface area contributed by atoms with E-state index >= 15 is 0 Å². The van der Waals surface area contributed by atoms with Crippen molar-refractivity contribution in [2.45, 2.75) is 0 Å². The van der Waals surface area contributed by atoms with Crippen molar-refractivity contribution in [1.29, 1.82) is 0 Å². The van der Waals surface area contributed by atoms with Crippen LogP contribution < -0.4 is 4.74 Å². The minimum absolute atomic E-state index is 0.216. The summed E-state index contributed by atoms with van der Waals surface area (Å²) in [5, 5.41) is 2.07. The van der Waals surface area contributed by atoms with Gasteiger partial charge in [-0.3, -0.25) is 0 Å². The maximum absolute atomic E-state index is 11.2. The van der Waals surface area contributed by atoms with E-state index in [0.717, 1.165) is 22.1 Å². The predicted molar refractivity (Wildman–Crippen MR) is 77.5 cm³/mol. The molecule has 0 fully saturated rings. The zero-order valence-corrected chi connectivity index (χ0v) is 11.5. The Balaban J connectivity index is 2.33. The smallest absolute Gasteiger partial charge is 0.330 e. The van der Waals surface area contributed by atoms with E-state index in [2.05, 4.69) is 4.74 Å². The van der Waals surface area contributed by atoms with E-state index in [0.29, 0.717) is 0 Å². The van der Waals surface area contributed by atoms with E-state index in [4.69, 9.17) is 9.47 Å². The van der Waals surface area contributed by atoms with Gasteiger partial charge in [0.15, 0.2) is 6.79 Å². The van der Waals surface area contributed by atoms with Gasteiger partial charge in [0.2, 0.25) is 0 Å². The molecule has 0 amide bonds. The lowest BCUT2D eigenvalue weighted by Gasteiger charge is -2.07. The Morgan fingerprint density at radius 2 is 2.05 bits per heavy atom. The molecule has 4 heteroatoms. The summed E-state index contributed by atoms with van der Waals surface area (Å²) in [4.78, 5) is 11.2. The summed E-state index contributed by atoms with van der Waals surface area (Å²) in [6.07, 6.45) is 3.15. The molecule has 2 aromatic carbocycles. The molecule has 104 valence electrons. The molecule has 0 saturated carbocycles. The molecule has 0 bridgehead atoms. The Labute approximate surface area is 117 Å². The van der Waals surface area contributed by atoms with Gasteiger partial charge in [-0.05, 0) is 34.5 Å². The highest BCUT2D eigenvalue weighted by atomic mass is 16.7. The molecule has 2 aromatic rings. The quantitative estimate of drug-likeness (QED) is 0.477. The van der Waals surface area contributed by atoms with Crippen molar-refractivity contribution in [2.75, 3.05) is 21.0 Å². The van der Waals surface area contributed by atoms with E-state index < -0.39 is 0 Å². The molecule has 0 N–H and O–H groups in total. The van der Waals surface area contributed by atoms with Crippen molar-refractivity contribution in [3.05, 3.63) is 48.0 Å². The molecule has 20 heavy (non-hydrogen) atoms. The standard InChI is InChI=1S/C16H16O4/c1-18-11-20-14-7-8-15-12(6-9-16(17)19-2)4-3-5-13(15)10-14/h3-10H,11H2,1-2H3. The molecule has 0 saturated heterocycles. The van der Waals surface area contributed by atoms with Gasteiger partial charge in [-0.15, -0.1) is 0 Å². The fraction of sp³-hybridized carbons (Fsp3) is 0.188. The van der Waals surface area contributed by atoms with Crippen LogP contribution in [0, 0.1) is 0 Å². The summed E-state index contributed by atoms with van der Waals surface area (Å²) in [6, 6.07) is 11.6. The first-order valence-electron chi connectivity index (χ1n) is 6.15. The average molecular weight is 272 g/mol. The summed E-state index contributed by atoms with van der Waals surface area (Å²) in [5.74, 6) is 0.371. The highest BCUT2D eigenvalue weighted by Crippen LogP contribution is 2.24. The summed E-state index contributed by atoms with van der Waals surface area (Å²) in [6.45, 7) is 0.216. The first kappa shape index (κ1) is 14.1. The van der Waals surface area contributed by atoms with Gasteiger partial charge in [0.1, 0.15) is 5.75 Å². The predicted octanol–water partition coefficient (Wildman–Crippen LogP) is 3.01. The molecular weight excluding hydrogens is 256 g/mol. The SMILES string of the molecule is COCOc1ccc2c(C=CC(=O)OC)cccc2c1. The van der Waals surface area contributed by atoms with Crippen molar-refractivity contribution in [1.82, 2.24) is 0 Å². The van der Waals surface area contributed by atoms with Crippen molar-refractivity contribution in [2.24, 2.45) is 0 Å². The fourth-order valence-corrected chi connectivity index (χ4v) is 1.87. The highest BCUT2D eigenvalue weighted by Gasteiger charge is 2.01. The van der Waals surface area contributed by atoms with Crippen LogP contribution in [0.3, 0.4) is 0 Å². The Bertz CT molecular complexity index is 631. The molecule has 2 rings (SSSR count). The second-order valence-corrected chi connectivity index (χ2v) is 4.14. The molecule has 0 unspecified atom stereocenters. The van der Waals surface area contributed by atoms with Crippen LogP contribution in [-0.4, -0.2) is 27.0 Å². The van der Waals surface area contributed by atoms with Crippen LogP contribution in [0.25, 0.3) is 16.8 Å². The van der Waals surface area contributed by atoms with Gasteiger partial charge >= 0.3 is 5.97 Å². The number of benzene rings is 2. The normalized spacial score (nSPS) is 10.9. The maximum atomic E-state index is 11.2. The molecule has 0 heterocycles. The number of ether oxygens (including phenoxy) is 3. The molecule has 0 atom stereocenters. The first-order valence-corrected chi connectivity index (χ1v) is 6.15. The van der Waals surface area contributed by atoms with Crippen LogP contribution in [0.5, 0.6) is 5.75 Å². The van der Waals surface area contributed by atoms with Gasteiger partial charge in [-0.2, -0.15) is 0 Å². The third-order valence-electron chi connectivity index (χ3n) is 2.83. The lowest BCUT2D eigenvalue weighted by Crippen LogP contribution is -1.98. The second kappa shape index (κ2) is 6.73. The molecule has 0 aliphatic carbocycles. The zero-order valence-electron chi connectivity index (χ0n) is 11.5. The number of rotatable bonds is 5. The van der Waals surface area contributed by atoms with Gasteiger partial charge in [-0.1, -0.05) is 24.3 Å². The summed E-state index contributed by atoms with van der Waals surface area (Å²) in [5.41, 5.74) is 0.950. The van der Waals surface area contributed by atoms with Gasteiger partial charge in [0, 0.05) is 13.2 Å². The largest absolute Gasteiger partial charge is 0.468 e. The number of carbonyl (C=O) groups is 1. The number of carbonyl (C=O) groups excluding carboxylic acids is 1. The lowest BCUT2D eigenvalue weighted by atomic mass is 10.0. The van der Waals surface area contributed by atoms with Crippen LogP contribution in [0.2, 0.25) is 0 Å². The maximum Gasteiger partial charge on any atom is 0.330 e. The molecular formula is C16H16O4. The summed E-state index contributed by atoms with van der Waals surface area (Å²) in [7, 11) is 2.94. The fourth-order valence-electron chi connectivity index (χ4n) is 1.87. The van der Waals surface area contributed by atoms with E-state index in [1.54, 1.807) is 13.2 Å². The van der Waals surface area contributed by atoms with Crippen molar-refractivity contribution in [3.8, 4) is 5.75 Å². The number of esters is 1. The third kappa shape index (κ3) is 3.36. The number of fused-ring (bicyclic) bond motifs is 1. The number of hydrogen-bond acceptors (Lipinski definition) is 4. The third-order valence-corrected chi connectivity index (χ3v) is 2.83. The van der Waals surface area contributed by atoms with E-state index in [1.165, 1.54) is 13.2 Å². The van der Waals surface area contributed by atoms with Crippen molar-refractivity contribution in [3.63, 3.8) is 0 Å². The molecule has 0 aromatic heterocycles. The average Bonchev–Trinajstić information content (AvgIpc) is 2.50. The van der Waals surface area contributed by atoms with Gasteiger partial charge < -0.3 is 14.2 Å². The first-order chi connectivity index (χ1) is 9.74. The minimum atomic E-state index is -0.373. The molecule has 0 spiro atoms. The Kier molecular flexibility index (Phi) is 4.74. The molecule has 0 radical (unpaired) electrons. The highest BCUT2D eigenvalue weighted by molar-refractivity contribution is 5.95. The van der Waals surface area contributed by atoms with Gasteiger partial charge in [-0.25, -0.2) is 4.79 Å². The van der Waals surface area contributed by atoms with Crippen LogP contribution in [0.1, 0.15) is 5.56 Å². The van der Waals surface area contributed by atoms with Crippen molar-refractivity contribution >= 4 is 22.8 Å². The molecule has 0 aliphatic heterocycles. The Hall–Kier alpha value is -2.33. The van der Waals surface area contributed by atoms with E-state index in [9.17, 15) is 4.79 Å². The monoisotopic (exact) mass is 272 g/mol. The lowest BCUT2D eigenvalue weighted by molar-refractivity contribution is -0.134. The van der Waals surface area contributed by atoms with Gasteiger partial charge in [0.05, 0.1) is 7.11 Å².